The Morgan fingerprint density at radius 1 is 1.17 bits per heavy atom. The first-order valence-corrected chi connectivity index (χ1v) is 6.53. The van der Waals surface area contributed by atoms with Crippen molar-refractivity contribution >= 4 is 0 Å². The molecule has 2 fully saturated rings. The molecule has 12 heavy (non-hydrogen) atoms. The van der Waals surface area contributed by atoms with Gasteiger partial charge in [-0.15, -0.1) is 0 Å². The summed E-state index contributed by atoms with van der Waals surface area (Å²) in [7, 11) is 0. The van der Waals surface area contributed by atoms with Gasteiger partial charge in [-0.05, 0) is 0 Å². The van der Waals surface area contributed by atoms with E-state index in [1.807, 2.05) is 5.17 Å². The molecule has 0 aromatic carbocycles. The van der Waals surface area contributed by atoms with Gasteiger partial charge in [0.1, 0.15) is 0 Å². The standard InChI is InChI=1S/C7H15IN3O/c1-2-4-6-7(5-3-1)11-10-9-8-12-11/h7,9-10H,1-6H2/q-1. The summed E-state index contributed by atoms with van der Waals surface area (Å²) in [6.07, 6.45) is 8.05. The molecule has 1 aliphatic heterocycles. The van der Waals surface area contributed by atoms with Gasteiger partial charge >= 0.3 is 84.0 Å². The van der Waals surface area contributed by atoms with Crippen LogP contribution in [0, 0.1) is 0 Å². The van der Waals surface area contributed by atoms with Crippen molar-refractivity contribution in [3.8, 4) is 0 Å². The molecule has 2 aliphatic rings. The second-order valence-corrected chi connectivity index (χ2v) is 4.70. The van der Waals surface area contributed by atoms with Crippen molar-refractivity contribution in [2.45, 2.75) is 44.6 Å². The summed E-state index contributed by atoms with van der Waals surface area (Å²) in [5.74, 6) is 0. The zero-order chi connectivity index (χ0) is 8.23. The van der Waals surface area contributed by atoms with Gasteiger partial charge in [0.15, 0.2) is 0 Å². The Hall–Kier alpha value is 0.570. The molecule has 72 valence electrons. The van der Waals surface area contributed by atoms with Crippen molar-refractivity contribution in [3.05, 3.63) is 0 Å². The van der Waals surface area contributed by atoms with Gasteiger partial charge in [0, 0.05) is 0 Å². The minimum absolute atomic E-state index is 0.269. The van der Waals surface area contributed by atoms with E-state index in [2.05, 4.69) is 9.17 Å². The van der Waals surface area contributed by atoms with Crippen LogP contribution in [0.2, 0.25) is 0 Å². The normalized spacial score (nSPS) is 29.7. The third kappa shape index (κ3) is 2.29. The van der Waals surface area contributed by atoms with E-state index in [9.17, 15) is 0 Å². The third-order valence-corrected chi connectivity index (χ3v) is 3.54. The maximum absolute atomic E-state index is 5.47. The van der Waals surface area contributed by atoms with Crippen LogP contribution in [-0.2, 0) is 3.17 Å². The molecule has 0 radical (unpaired) electrons. The zero-order valence-corrected chi connectivity index (χ0v) is 9.21. The van der Waals surface area contributed by atoms with E-state index >= 15 is 0 Å². The number of hydrogen-bond acceptors (Lipinski definition) is 4. The molecule has 4 nitrogen and oxygen atoms in total. The first kappa shape index (κ1) is 9.14. The number of hydroxylamine groups is 1. The van der Waals surface area contributed by atoms with Crippen LogP contribution in [-0.4, -0.2) is 11.2 Å². The number of rotatable bonds is 1. The summed E-state index contributed by atoms with van der Waals surface area (Å²) in [6.45, 7) is 0. The average molecular weight is 284 g/mol. The number of hydrazine groups is 2. The SMILES string of the molecule is C1CCCC(N2NN[I-]O2)CC1. The molecule has 1 saturated heterocycles. The molecule has 0 bridgehead atoms. The Kier molecular flexibility index (Phi) is 3.59. The van der Waals surface area contributed by atoms with Crippen LogP contribution in [0.25, 0.3) is 0 Å². The van der Waals surface area contributed by atoms with Gasteiger partial charge in [-0.1, -0.05) is 0 Å². The summed E-state index contributed by atoms with van der Waals surface area (Å²) < 4.78 is 8.52. The molecule has 0 unspecified atom stereocenters. The fourth-order valence-corrected chi connectivity index (χ4v) is 2.84. The Labute approximate surface area is 84.1 Å². The van der Waals surface area contributed by atoms with Crippen molar-refractivity contribution in [1.82, 2.24) is 14.3 Å². The van der Waals surface area contributed by atoms with Gasteiger partial charge < -0.3 is 0 Å². The molecule has 1 aliphatic carbocycles. The van der Waals surface area contributed by atoms with Crippen molar-refractivity contribution in [2.24, 2.45) is 0 Å². The molecule has 0 spiro atoms. The van der Waals surface area contributed by atoms with Crippen molar-refractivity contribution < 1.29 is 25.1 Å². The first-order chi connectivity index (χ1) is 5.97. The molecule has 0 amide bonds. The monoisotopic (exact) mass is 284 g/mol. The van der Waals surface area contributed by atoms with Crippen LogP contribution >= 0.6 is 0 Å². The minimum atomic E-state index is -0.269. The van der Waals surface area contributed by atoms with Gasteiger partial charge in [0.05, 0.1) is 0 Å². The summed E-state index contributed by atoms with van der Waals surface area (Å²) in [4.78, 5) is 0. The first-order valence-electron chi connectivity index (χ1n) is 4.57. The predicted octanol–water partition coefficient (Wildman–Crippen LogP) is -2.12. The van der Waals surface area contributed by atoms with Crippen LogP contribution in [0.4, 0.5) is 0 Å². The fourth-order valence-electron chi connectivity index (χ4n) is 1.77. The number of halogens is 1. The Morgan fingerprint density at radius 3 is 2.50 bits per heavy atom. The summed E-state index contributed by atoms with van der Waals surface area (Å²) in [5.41, 5.74) is 3.06. The Bertz CT molecular complexity index is 133. The maximum atomic E-state index is 5.47. The molecule has 0 aromatic heterocycles. The average Bonchev–Trinajstić information content (AvgIpc) is 2.48. The number of hydrogen-bond donors (Lipinski definition) is 2. The van der Waals surface area contributed by atoms with E-state index in [1.165, 1.54) is 38.5 Å². The summed E-state index contributed by atoms with van der Waals surface area (Å²) >= 11 is -0.269. The molecule has 0 atom stereocenters. The molecule has 0 aromatic rings. The van der Waals surface area contributed by atoms with E-state index in [0.717, 1.165) is 0 Å². The molecular formula is C7H15IN3O-. The van der Waals surface area contributed by atoms with Gasteiger partial charge in [0.2, 0.25) is 0 Å². The quantitative estimate of drug-likeness (QED) is 0.328. The van der Waals surface area contributed by atoms with Crippen LogP contribution in [0.5, 0.6) is 0 Å². The van der Waals surface area contributed by atoms with E-state index in [-0.39, 0.29) is 21.9 Å². The molecule has 2 N–H and O–H groups in total. The Balaban J connectivity index is 1.83. The van der Waals surface area contributed by atoms with E-state index in [4.69, 9.17) is 3.17 Å². The predicted molar refractivity (Wildman–Crippen MR) is 40.7 cm³/mol. The van der Waals surface area contributed by atoms with Crippen LogP contribution in [0.15, 0.2) is 0 Å². The van der Waals surface area contributed by atoms with E-state index in [0.29, 0.717) is 6.04 Å². The van der Waals surface area contributed by atoms with Crippen LogP contribution < -0.4 is 31.1 Å². The second-order valence-electron chi connectivity index (χ2n) is 3.32. The second kappa shape index (κ2) is 4.71. The van der Waals surface area contributed by atoms with Crippen LogP contribution in [0.1, 0.15) is 38.5 Å². The van der Waals surface area contributed by atoms with Crippen molar-refractivity contribution in [3.63, 3.8) is 0 Å². The summed E-state index contributed by atoms with van der Waals surface area (Å²) in [6, 6.07) is 0.599. The zero-order valence-electron chi connectivity index (χ0n) is 7.05. The number of nitrogens with one attached hydrogen (secondary N) is 2. The topological polar surface area (TPSA) is 36.5 Å². The molecule has 1 heterocycles. The van der Waals surface area contributed by atoms with Gasteiger partial charge in [0.25, 0.3) is 0 Å². The van der Waals surface area contributed by atoms with E-state index in [1.54, 1.807) is 0 Å². The molecule has 2 rings (SSSR count). The van der Waals surface area contributed by atoms with Crippen LogP contribution in [0.3, 0.4) is 0 Å². The molecule has 5 heteroatoms. The van der Waals surface area contributed by atoms with Crippen molar-refractivity contribution in [2.75, 3.05) is 0 Å². The van der Waals surface area contributed by atoms with Gasteiger partial charge in [-0.2, -0.15) is 0 Å². The number of nitrogens with zero attached hydrogens (tertiary/aromatic N) is 1. The third-order valence-electron chi connectivity index (χ3n) is 2.46. The van der Waals surface area contributed by atoms with E-state index < -0.39 is 0 Å². The summed E-state index contributed by atoms with van der Waals surface area (Å²) in [5, 5.41) is 1.93. The fraction of sp³-hybridized carbons (Fsp3) is 1.00. The Morgan fingerprint density at radius 2 is 1.92 bits per heavy atom. The molecule has 1 saturated carbocycles. The molecular weight excluding hydrogens is 269 g/mol. The van der Waals surface area contributed by atoms with Gasteiger partial charge in [-0.25, -0.2) is 0 Å². The van der Waals surface area contributed by atoms with Crippen molar-refractivity contribution in [1.29, 1.82) is 0 Å². The van der Waals surface area contributed by atoms with Gasteiger partial charge in [-0.3, -0.25) is 0 Å².